The first-order chi connectivity index (χ1) is 4.61. The van der Waals surface area contributed by atoms with Gasteiger partial charge >= 0.3 is 0 Å². The second kappa shape index (κ2) is 2.76. The minimum absolute atomic E-state index is 0.0864. The Hall–Kier alpha value is -0.280. The largest absolute Gasteiger partial charge is 0.167 e. The first-order valence-corrected chi connectivity index (χ1v) is 4.84. The quantitative estimate of drug-likeness (QED) is 0.620. The minimum atomic E-state index is -4.03. The molecule has 1 aromatic rings. The molecule has 0 unspecified atom stereocenters. The molecule has 0 radical (unpaired) electrons. The van der Waals surface area contributed by atoms with Gasteiger partial charge in [0, 0.05) is 10.7 Å². The Labute approximate surface area is 64.2 Å². The standard InChI is InChI=1S/C6H5ClF2S/c7-10(8,9)6-4-2-1-3-5-6/h1-5H. The average molecular weight is 183 g/mol. The average Bonchev–Trinajstić information content (AvgIpc) is 1.88. The summed E-state index contributed by atoms with van der Waals surface area (Å²) in [6.45, 7) is 0. The second-order valence-corrected chi connectivity index (χ2v) is 4.17. The summed E-state index contributed by atoms with van der Waals surface area (Å²) in [5.74, 6) is 0. The molecule has 0 aliphatic carbocycles. The first kappa shape index (κ1) is 7.82. The van der Waals surface area contributed by atoms with Gasteiger partial charge in [-0.25, -0.2) is 0 Å². The highest BCUT2D eigenvalue weighted by Gasteiger charge is 2.20. The molecular weight excluding hydrogens is 178 g/mol. The third kappa shape index (κ3) is 1.85. The van der Waals surface area contributed by atoms with E-state index < -0.39 is 10.0 Å². The molecule has 0 fully saturated rings. The molecule has 10 heavy (non-hydrogen) atoms. The first-order valence-electron chi connectivity index (χ1n) is 2.58. The minimum Gasteiger partial charge on any atom is -0.137 e. The summed E-state index contributed by atoms with van der Waals surface area (Å²) in [6.07, 6.45) is 0. The predicted octanol–water partition coefficient (Wildman–Crippen LogP) is 3.77. The highest BCUT2D eigenvalue weighted by Crippen LogP contribution is 2.63. The summed E-state index contributed by atoms with van der Waals surface area (Å²) in [5, 5.41) is 0. The topological polar surface area (TPSA) is 0 Å². The maximum absolute atomic E-state index is 12.3. The van der Waals surface area contributed by atoms with Crippen LogP contribution in [0.1, 0.15) is 0 Å². The van der Waals surface area contributed by atoms with Crippen LogP contribution in [-0.4, -0.2) is 0 Å². The molecule has 0 amide bonds. The van der Waals surface area contributed by atoms with E-state index in [1.165, 1.54) is 12.1 Å². The monoisotopic (exact) mass is 182 g/mol. The van der Waals surface area contributed by atoms with Crippen molar-refractivity contribution < 1.29 is 7.77 Å². The van der Waals surface area contributed by atoms with Gasteiger partial charge in [-0.2, -0.15) is 0 Å². The zero-order valence-electron chi connectivity index (χ0n) is 4.93. The van der Waals surface area contributed by atoms with Crippen LogP contribution >= 0.6 is 20.7 Å². The Balaban J connectivity index is 2.97. The molecule has 0 spiro atoms. The summed E-state index contributed by atoms with van der Waals surface area (Å²) in [6, 6.07) is 7.40. The molecule has 0 aromatic heterocycles. The molecule has 0 saturated carbocycles. The molecular formula is C6H5ClF2S. The lowest BCUT2D eigenvalue weighted by Crippen LogP contribution is -1.74. The Morgan fingerprint density at radius 1 is 1.10 bits per heavy atom. The Bertz CT molecular complexity index is 207. The van der Waals surface area contributed by atoms with Crippen LogP contribution in [0, 0.1) is 0 Å². The van der Waals surface area contributed by atoms with Gasteiger partial charge in [-0.05, 0) is 12.1 Å². The Morgan fingerprint density at radius 2 is 1.60 bits per heavy atom. The fraction of sp³-hybridized carbons (Fsp3) is 0. The van der Waals surface area contributed by atoms with E-state index in [0.29, 0.717) is 0 Å². The molecule has 0 nitrogen and oxygen atoms in total. The zero-order valence-corrected chi connectivity index (χ0v) is 6.50. The third-order valence-corrected chi connectivity index (χ3v) is 2.35. The number of hydrogen-bond donors (Lipinski definition) is 0. The van der Waals surface area contributed by atoms with Crippen molar-refractivity contribution in [1.29, 1.82) is 0 Å². The molecule has 1 aromatic carbocycles. The van der Waals surface area contributed by atoms with Crippen LogP contribution in [0.15, 0.2) is 35.2 Å². The molecule has 4 heteroatoms. The number of benzene rings is 1. The van der Waals surface area contributed by atoms with E-state index in [-0.39, 0.29) is 4.90 Å². The van der Waals surface area contributed by atoms with Gasteiger partial charge in [0.05, 0.1) is 4.90 Å². The third-order valence-electron chi connectivity index (χ3n) is 1.01. The van der Waals surface area contributed by atoms with Crippen molar-refractivity contribution >= 4 is 20.7 Å². The van der Waals surface area contributed by atoms with Crippen LogP contribution in [-0.2, 0) is 0 Å². The van der Waals surface area contributed by atoms with Crippen LogP contribution in [0.25, 0.3) is 0 Å². The lowest BCUT2D eigenvalue weighted by molar-refractivity contribution is 0.768. The van der Waals surface area contributed by atoms with E-state index >= 15 is 0 Å². The normalized spacial score (nSPS) is 13.1. The molecule has 1 rings (SSSR count). The summed E-state index contributed by atoms with van der Waals surface area (Å²) >= 11 is 0. The van der Waals surface area contributed by atoms with Crippen molar-refractivity contribution in [1.82, 2.24) is 0 Å². The van der Waals surface area contributed by atoms with Gasteiger partial charge in [0.15, 0.2) is 10.0 Å². The van der Waals surface area contributed by atoms with E-state index in [1.807, 2.05) is 0 Å². The summed E-state index contributed by atoms with van der Waals surface area (Å²) < 4.78 is 24.6. The van der Waals surface area contributed by atoms with E-state index in [2.05, 4.69) is 0 Å². The number of halogens is 3. The van der Waals surface area contributed by atoms with Crippen molar-refractivity contribution in [3.05, 3.63) is 30.3 Å². The van der Waals surface area contributed by atoms with Crippen LogP contribution in [0.2, 0.25) is 0 Å². The molecule has 0 aliphatic heterocycles. The molecule has 0 heterocycles. The summed E-state index contributed by atoms with van der Waals surface area (Å²) in [5.41, 5.74) is 0. The fourth-order valence-corrected chi connectivity index (χ4v) is 1.35. The van der Waals surface area contributed by atoms with Gasteiger partial charge in [0.25, 0.3) is 0 Å². The molecule has 56 valence electrons. The SMILES string of the molecule is FS(F)(Cl)c1ccccc1. The molecule has 0 bridgehead atoms. The van der Waals surface area contributed by atoms with Crippen molar-refractivity contribution in [3.63, 3.8) is 0 Å². The fourth-order valence-electron chi connectivity index (χ4n) is 0.575. The van der Waals surface area contributed by atoms with Gasteiger partial charge in [0.2, 0.25) is 0 Å². The molecule has 0 N–H and O–H groups in total. The van der Waals surface area contributed by atoms with Gasteiger partial charge in [-0.3, -0.25) is 0 Å². The second-order valence-electron chi connectivity index (χ2n) is 1.72. The number of hydrogen-bond acceptors (Lipinski definition) is 0. The predicted molar refractivity (Wildman–Crippen MR) is 40.4 cm³/mol. The van der Waals surface area contributed by atoms with E-state index in [1.54, 1.807) is 18.2 Å². The van der Waals surface area contributed by atoms with E-state index in [9.17, 15) is 7.77 Å². The van der Waals surface area contributed by atoms with Gasteiger partial charge in [-0.15, -0.1) is 7.77 Å². The van der Waals surface area contributed by atoms with E-state index in [4.69, 9.17) is 10.7 Å². The smallest absolute Gasteiger partial charge is 0.137 e. The van der Waals surface area contributed by atoms with Crippen LogP contribution in [0.3, 0.4) is 0 Å². The summed E-state index contributed by atoms with van der Waals surface area (Å²) in [4.78, 5) is -0.0864. The maximum atomic E-state index is 12.3. The van der Waals surface area contributed by atoms with Gasteiger partial charge in [-0.1, -0.05) is 18.2 Å². The van der Waals surface area contributed by atoms with Crippen LogP contribution in [0.4, 0.5) is 7.77 Å². The zero-order chi connectivity index (χ0) is 7.61. The lowest BCUT2D eigenvalue weighted by atomic mass is 10.4. The summed E-state index contributed by atoms with van der Waals surface area (Å²) in [7, 11) is 0.778. The highest BCUT2D eigenvalue weighted by molar-refractivity contribution is 8.43. The molecule has 0 aliphatic rings. The van der Waals surface area contributed by atoms with Crippen LogP contribution in [0.5, 0.6) is 0 Å². The van der Waals surface area contributed by atoms with Gasteiger partial charge in [0.1, 0.15) is 0 Å². The van der Waals surface area contributed by atoms with Crippen molar-refractivity contribution in [3.8, 4) is 0 Å². The van der Waals surface area contributed by atoms with Crippen LogP contribution < -0.4 is 0 Å². The Morgan fingerprint density at radius 3 is 1.90 bits per heavy atom. The van der Waals surface area contributed by atoms with E-state index in [0.717, 1.165) is 0 Å². The highest BCUT2D eigenvalue weighted by atomic mass is 35.7. The molecule has 0 atom stereocenters. The van der Waals surface area contributed by atoms with Gasteiger partial charge < -0.3 is 0 Å². The van der Waals surface area contributed by atoms with Crippen molar-refractivity contribution in [2.75, 3.05) is 0 Å². The Kier molecular flexibility index (Phi) is 2.16. The van der Waals surface area contributed by atoms with Crippen molar-refractivity contribution in [2.24, 2.45) is 0 Å². The molecule has 0 saturated heterocycles. The maximum Gasteiger partial charge on any atom is 0.167 e. The van der Waals surface area contributed by atoms with Crippen molar-refractivity contribution in [2.45, 2.75) is 4.90 Å². The number of rotatable bonds is 1. The lowest BCUT2D eigenvalue weighted by Gasteiger charge is -2.09.